The third-order valence-corrected chi connectivity index (χ3v) is 7.39. The molecule has 4 aromatic rings. The van der Waals surface area contributed by atoms with Crippen LogP contribution in [0.3, 0.4) is 0 Å². The van der Waals surface area contributed by atoms with Gasteiger partial charge in [0.2, 0.25) is 0 Å². The molecule has 1 aromatic heterocycles. The summed E-state index contributed by atoms with van der Waals surface area (Å²) >= 11 is 0. The van der Waals surface area contributed by atoms with E-state index in [1.165, 1.54) is 0 Å². The number of benzene rings is 3. The van der Waals surface area contributed by atoms with Gasteiger partial charge in [-0.05, 0) is 65.6 Å². The molecule has 3 aromatic carbocycles. The number of carbonyl (C=O) groups is 2. The van der Waals surface area contributed by atoms with Gasteiger partial charge < -0.3 is 20.1 Å². The highest BCUT2D eigenvalue weighted by atomic mass is 16.2. The van der Waals surface area contributed by atoms with Crippen LogP contribution in [0.4, 0.5) is 16.2 Å². The Morgan fingerprint density at radius 1 is 0.868 bits per heavy atom. The first-order valence-electron chi connectivity index (χ1n) is 12.6. The second kappa shape index (κ2) is 9.52. The van der Waals surface area contributed by atoms with Crippen molar-refractivity contribution in [2.24, 2.45) is 5.92 Å². The summed E-state index contributed by atoms with van der Waals surface area (Å²) in [6, 6.07) is 25.3. The summed E-state index contributed by atoms with van der Waals surface area (Å²) in [7, 11) is 0. The molecule has 2 aliphatic heterocycles. The molecule has 2 N–H and O–H groups in total. The third kappa shape index (κ3) is 4.39. The van der Waals surface area contributed by atoms with Gasteiger partial charge in [0.15, 0.2) is 0 Å². The average Bonchev–Trinajstić information content (AvgIpc) is 2.94. The maximum absolute atomic E-state index is 13.4. The molecule has 1 fully saturated rings. The number of rotatable bonds is 3. The number of hydrogen-bond acceptors (Lipinski definition) is 4. The molecule has 2 unspecified atom stereocenters. The van der Waals surface area contributed by atoms with Crippen LogP contribution in [0.5, 0.6) is 0 Å². The topological polar surface area (TPSA) is 107 Å². The highest BCUT2D eigenvalue weighted by Crippen LogP contribution is 2.36. The van der Waals surface area contributed by atoms with Crippen LogP contribution in [-0.2, 0) is 6.54 Å². The van der Waals surface area contributed by atoms with Crippen molar-refractivity contribution < 1.29 is 9.59 Å². The molecule has 8 nitrogen and oxygen atoms in total. The van der Waals surface area contributed by atoms with Gasteiger partial charge >= 0.3 is 6.03 Å². The minimum Gasteiger partial charge on any atom is -0.338 e. The number of hydrogen-bond donors (Lipinski definition) is 2. The lowest BCUT2D eigenvalue weighted by Crippen LogP contribution is -2.49. The fourth-order valence-corrected chi connectivity index (χ4v) is 5.66. The number of amides is 3. The van der Waals surface area contributed by atoms with Crippen LogP contribution < -0.4 is 16.2 Å². The van der Waals surface area contributed by atoms with E-state index in [0.29, 0.717) is 36.4 Å². The van der Waals surface area contributed by atoms with Crippen LogP contribution in [0.25, 0.3) is 10.8 Å². The van der Waals surface area contributed by atoms with E-state index in [-0.39, 0.29) is 29.0 Å². The van der Waals surface area contributed by atoms with Crippen molar-refractivity contribution in [3.05, 3.63) is 106 Å². The monoisotopic (exact) mass is 503 g/mol. The summed E-state index contributed by atoms with van der Waals surface area (Å²) in [5.41, 5.74) is 2.38. The van der Waals surface area contributed by atoms with E-state index < -0.39 is 6.03 Å². The Hall–Kier alpha value is -4.90. The number of nitrogens with one attached hydrogen (secondary N) is 2. The zero-order valence-electron chi connectivity index (χ0n) is 20.6. The van der Waals surface area contributed by atoms with Gasteiger partial charge in [0.05, 0.1) is 11.6 Å². The number of aromatic nitrogens is 1. The molecule has 0 aliphatic carbocycles. The number of anilines is 2. The summed E-state index contributed by atoms with van der Waals surface area (Å²) < 4.78 is 1.74. The summed E-state index contributed by atoms with van der Waals surface area (Å²) in [6.07, 6.45) is 0.920. The molecule has 6 rings (SSSR count). The van der Waals surface area contributed by atoms with Crippen LogP contribution in [-0.4, -0.2) is 34.5 Å². The lowest BCUT2D eigenvalue weighted by Gasteiger charge is -2.43. The Kier molecular flexibility index (Phi) is 5.89. The molecule has 2 bridgehead atoms. The minimum absolute atomic E-state index is 0.0108. The normalized spacial score (nSPS) is 17.8. The van der Waals surface area contributed by atoms with Crippen molar-refractivity contribution in [3.63, 3.8) is 0 Å². The quantitative estimate of drug-likeness (QED) is 0.420. The van der Waals surface area contributed by atoms with E-state index in [4.69, 9.17) is 5.26 Å². The lowest BCUT2D eigenvalue weighted by molar-refractivity contribution is 0.0595. The van der Waals surface area contributed by atoms with Crippen LogP contribution >= 0.6 is 0 Å². The number of fused-ring (bicyclic) bond motifs is 5. The van der Waals surface area contributed by atoms with Crippen LogP contribution in [0.1, 0.15) is 34.0 Å². The third-order valence-electron chi connectivity index (χ3n) is 7.39. The first kappa shape index (κ1) is 23.5. The number of nitrogens with zero attached hydrogens (tertiary/aromatic N) is 3. The summed E-state index contributed by atoms with van der Waals surface area (Å²) in [5, 5.41) is 16.5. The lowest BCUT2D eigenvalue weighted by atomic mass is 9.83. The first-order valence-corrected chi connectivity index (χ1v) is 12.6. The molecule has 0 spiro atoms. The molecule has 8 heteroatoms. The predicted octanol–water partition coefficient (Wildman–Crippen LogP) is 4.78. The Bertz CT molecular complexity index is 1690. The van der Waals surface area contributed by atoms with Gasteiger partial charge in [-0.15, -0.1) is 0 Å². The predicted molar refractivity (Wildman–Crippen MR) is 145 cm³/mol. The SMILES string of the molecule is N#Cc1cccc(NC(=O)Nc2ccc3n(c2=O)CC2CC3CN(C(=O)c3ccc4ccccc4c3)C2)c1. The Labute approximate surface area is 219 Å². The van der Waals surface area contributed by atoms with E-state index in [1.807, 2.05) is 59.5 Å². The van der Waals surface area contributed by atoms with Crippen molar-refractivity contribution in [1.82, 2.24) is 9.47 Å². The largest absolute Gasteiger partial charge is 0.338 e. The molecular weight excluding hydrogens is 478 g/mol. The van der Waals surface area contributed by atoms with Crippen molar-refractivity contribution in [3.8, 4) is 6.07 Å². The highest BCUT2D eigenvalue weighted by Gasteiger charge is 2.37. The van der Waals surface area contributed by atoms with Crippen molar-refractivity contribution in [2.75, 3.05) is 23.7 Å². The van der Waals surface area contributed by atoms with Crippen LogP contribution in [0.2, 0.25) is 0 Å². The summed E-state index contributed by atoms with van der Waals surface area (Å²) in [5.74, 6) is 0.217. The van der Waals surface area contributed by atoms with Gasteiger partial charge in [0.1, 0.15) is 5.69 Å². The smallest absolute Gasteiger partial charge is 0.323 e. The fourth-order valence-electron chi connectivity index (χ4n) is 5.66. The summed E-state index contributed by atoms with van der Waals surface area (Å²) in [6.45, 7) is 1.62. The van der Waals surface area contributed by atoms with E-state index in [2.05, 4.69) is 10.6 Å². The maximum atomic E-state index is 13.4. The molecule has 3 heterocycles. The van der Waals surface area contributed by atoms with E-state index in [0.717, 1.165) is 22.9 Å². The number of carbonyl (C=O) groups excluding carboxylic acids is 2. The number of nitriles is 1. The number of piperidine rings is 1. The number of likely N-dealkylation sites (tertiary alicyclic amines) is 1. The van der Waals surface area contributed by atoms with Gasteiger partial charge in [-0.2, -0.15) is 5.26 Å². The second-order valence-electron chi connectivity index (χ2n) is 9.93. The van der Waals surface area contributed by atoms with Gasteiger partial charge in [-0.1, -0.05) is 36.4 Å². The molecule has 188 valence electrons. The Balaban J connectivity index is 1.19. The fraction of sp³-hybridized carbons (Fsp3) is 0.200. The van der Waals surface area contributed by atoms with Gasteiger partial charge in [0, 0.05) is 42.5 Å². The van der Waals surface area contributed by atoms with Gasteiger partial charge in [-0.25, -0.2) is 4.79 Å². The maximum Gasteiger partial charge on any atom is 0.323 e. The molecule has 3 amide bonds. The zero-order valence-corrected chi connectivity index (χ0v) is 20.6. The van der Waals surface area contributed by atoms with E-state index >= 15 is 0 Å². The molecule has 0 radical (unpaired) electrons. The second-order valence-corrected chi connectivity index (χ2v) is 9.93. The molecular formula is C30H25N5O3. The van der Waals surface area contributed by atoms with Gasteiger partial charge in [0.25, 0.3) is 11.5 Å². The Morgan fingerprint density at radius 3 is 2.55 bits per heavy atom. The van der Waals surface area contributed by atoms with E-state index in [1.54, 1.807) is 34.9 Å². The van der Waals surface area contributed by atoms with Crippen molar-refractivity contribution in [2.45, 2.75) is 18.9 Å². The van der Waals surface area contributed by atoms with Gasteiger partial charge in [-0.3, -0.25) is 9.59 Å². The van der Waals surface area contributed by atoms with Crippen LogP contribution in [0.15, 0.2) is 83.7 Å². The van der Waals surface area contributed by atoms with Crippen LogP contribution in [0, 0.1) is 17.2 Å². The molecule has 1 saturated heterocycles. The zero-order chi connectivity index (χ0) is 26.2. The first-order chi connectivity index (χ1) is 18.5. The molecule has 2 atom stereocenters. The molecule has 2 aliphatic rings. The average molecular weight is 504 g/mol. The number of urea groups is 1. The van der Waals surface area contributed by atoms with Crippen molar-refractivity contribution >= 4 is 34.1 Å². The molecule has 38 heavy (non-hydrogen) atoms. The number of pyridine rings is 1. The van der Waals surface area contributed by atoms with Crippen molar-refractivity contribution in [1.29, 1.82) is 5.26 Å². The Morgan fingerprint density at radius 2 is 1.71 bits per heavy atom. The molecule has 0 saturated carbocycles. The van der Waals surface area contributed by atoms with E-state index in [9.17, 15) is 14.4 Å². The minimum atomic E-state index is -0.555. The summed E-state index contributed by atoms with van der Waals surface area (Å²) in [4.78, 5) is 41.1. The standard InChI is InChI=1S/C30H25N5O3/c31-15-19-4-3-7-25(13-19)32-30(38)33-26-10-11-27-24-12-20(17-35(27)29(26)37)16-34(18-24)28(36)23-9-8-21-5-1-2-6-22(21)14-23/h1-11,13-14,20,24H,12,16-18H2,(H2,32,33,38). The highest BCUT2D eigenvalue weighted by molar-refractivity contribution is 6.00.